The number of nitrogens with zero attached hydrogens (tertiary/aromatic N) is 5. The lowest BCUT2D eigenvalue weighted by Gasteiger charge is -2.36. The number of hydrogen-bond acceptors (Lipinski definition) is 5. The van der Waals surface area contributed by atoms with E-state index in [1.807, 2.05) is 18.5 Å². The second kappa shape index (κ2) is 9.16. The summed E-state index contributed by atoms with van der Waals surface area (Å²) >= 11 is 0. The van der Waals surface area contributed by atoms with E-state index in [2.05, 4.69) is 25.1 Å². The Morgan fingerprint density at radius 1 is 1.12 bits per heavy atom. The van der Waals surface area contributed by atoms with Crippen LogP contribution in [-0.2, 0) is 0 Å². The molecule has 2 fully saturated rings. The normalized spacial score (nSPS) is 24.3. The highest BCUT2D eigenvalue weighted by Gasteiger charge is 2.24. The number of hydrogen-bond donors (Lipinski definition) is 1. The second-order valence-corrected chi connectivity index (χ2v) is 7.73. The SMILES string of the molecule is CN(C)C(=O)NC1CCC(CCN2CCN(c3ncccn3)CC2)CC1. The highest BCUT2D eigenvalue weighted by molar-refractivity contribution is 5.73. The first kappa shape index (κ1) is 18.9. The third-order valence-electron chi connectivity index (χ3n) is 5.64. The van der Waals surface area contributed by atoms with Crippen LogP contribution in [0.5, 0.6) is 0 Å². The van der Waals surface area contributed by atoms with Gasteiger partial charge in [-0.05, 0) is 50.6 Å². The van der Waals surface area contributed by atoms with Crippen LogP contribution in [-0.4, -0.2) is 78.7 Å². The molecule has 0 unspecified atom stereocenters. The first-order chi connectivity index (χ1) is 12.6. The third kappa shape index (κ3) is 5.30. The zero-order chi connectivity index (χ0) is 18.4. The number of urea groups is 1. The fourth-order valence-electron chi connectivity index (χ4n) is 3.89. The number of piperazine rings is 1. The molecule has 1 saturated heterocycles. The summed E-state index contributed by atoms with van der Waals surface area (Å²) in [7, 11) is 3.59. The maximum absolute atomic E-state index is 11.7. The van der Waals surface area contributed by atoms with E-state index in [4.69, 9.17) is 0 Å². The van der Waals surface area contributed by atoms with Gasteiger partial charge in [-0.15, -0.1) is 0 Å². The number of anilines is 1. The molecule has 2 amide bonds. The van der Waals surface area contributed by atoms with Crippen LogP contribution in [0.1, 0.15) is 32.1 Å². The van der Waals surface area contributed by atoms with Gasteiger partial charge in [0.05, 0.1) is 0 Å². The molecule has 1 saturated carbocycles. The van der Waals surface area contributed by atoms with Gasteiger partial charge in [-0.3, -0.25) is 4.90 Å². The van der Waals surface area contributed by atoms with Crippen LogP contribution >= 0.6 is 0 Å². The molecular formula is C19H32N6O. The Morgan fingerprint density at radius 2 is 1.77 bits per heavy atom. The van der Waals surface area contributed by atoms with E-state index in [0.29, 0.717) is 6.04 Å². The smallest absolute Gasteiger partial charge is 0.317 e. The average molecular weight is 361 g/mol. The van der Waals surface area contributed by atoms with Gasteiger partial charge in [-0.1, -0.05) is 0 Å². The zero-order valence-corrected chi connectivity index (χ0v) is 16.1. The second-order valence-electron chi connectivity index (χ2n) is 7.73. The predicted octanol–water partition coefficient (Wildman–Crippen LogP) is 1.82. The Hall–Kier alpha value is -1.89. The first-order valence-electron chi connectivity index (χ1n) is 9.84. The molecule has 7 heteroatoms. The molecule has 2 aliphatic rings. The van der Waals surface area contributed by atoms with Gasteiger partial charge < -0.3 is 15.1 Å². The molecule has 3 rings (SSSR count). The molecule has 0 radical (unpaired) electrons. The van der Waals surface area contributed by atoms with E-state index in [1.165, 1.54) is 25.8 Å². The number of amides is 2. The monoisotopic (exact) mass is 360 g/mol. The van der Waals surface area contributed by atoms with Crippen molar-refractivity contribution in [1.29, 1.82) is 0 Å². The van der Waals surface area contributed by atoms with Crippen LogP contribution in [0.3, 0.4) is 0 Å². The van der Waals surface area contributed by atoms with Gasteiger partial charge in [0.15, 0.2) is 0 Å². The Kier molecular flexibility index (Phi) is 6.66. The summed E-state index contributed by atoms with van der Waals surface area (Å²) in [6.45, 7) is 5.38. The minimum absolute atomic E-state index is 0.0358. The number of carbonyl (C=O) groups excluding carboxylic acids is 1. The van der Waals surface area contributed by atoms with Gasteiger partial charge in [0, 0.05) is 58.7 Å². The van der Waals surface area contributed by atoms with Crippen molar-refractivity contribution >= 4 is 12.0 Å². The topological polar surface area (TPSA) is 64.6 Å². The average Bonchev–Trinajstić information content (AvgIpc) is 2.68. The van der Waals surface area contributed by atoms with Gasteiger partial charge in [0.25, 0.3) is 0 Å². The van der Waals surface area contributed by atoms with Crippen molar-refractivity contribution in [3.8, 4) is 0 Å². The van der Waals surface area contributed by atoms with Gasteiger partial charge >= 0.3 is 6.03 Å². The predicted molar refractivity (Wildman–Crippen MR) is 103 cm³/mol. The standard InChI is InChI=1S/C19H32N6O/c1-23(2)19(26)22-17-6-4-16(5-7-17)8-11-24-12-14-25(15-13-24)18-20-9-3-10-21-18/h3,9-10,16-17H,4-8,11-15H2,1-2H3,(H,22,26). The molecule has 144 valence electrons. The molecule has 0 aromatic carbocycles. The highest BCUT2D eigenvalue weighted by Crippen LogP contribution is 2.27. The van der Waals surface area contributed by atoms with Gasteiger partial charge in [-0.25, -0.2) is 14.8 Å². The van der Waals surface area contributed by atoms with Crippen molar-refractivity contribution in [3.05, 3.63) is 18.5 Å². The number of rotatable bonds is 5. The molecule has 0 spiro atoms. The minimum atomic E-state index is 0.0358. The summed E-state index contributed by atoms with van der Waals surface area (Å²) in [4.78, 5) is 26.9. The van der Waals surface area contributed by atoms with Crippen molar-refractivity contribution < 1.29 is 4.79 Å². The van der Waals surface area contributed by atoms with Crippen LogP contribution in [0.15, 0.2) is 18.5 Å². The number of carbonyl (C=O) groups is 1. The molecule has 1 aliphatic heterocycles. The minimum Gasteiger partial charge on any atom is -0.338 e. The van der Waals surface area contributed by atoms with E-state index < -0.39 is 0 Å². The number of aromatic nitrogens is 2. The van der Waals surface area contributed by atoms with Crippen molar-refractivity contribution in [2.45, 2.75) is 38.1 Å². The Labute approximate surface area is 156 Å². The Morgan fingerprint density at radius 3 is 2.38 bits per heavy atom. The summed E-state index contributed by atoms with van der Waals surface area (Å²) < 4.78 is 0. The van der Waals surface area contributed by atoms with Gasteiger partial charge in [0.2, 0.25) is 5.95 Å². The van der Waals surface area contributed by atoms with E-state index in [1.54, 1.807) is 19.0 Å². The molecule has 1 N–H and O–H groups in total. The molecule has 26 heavy (non-hydrogen) atoms. The molecule has 7 nitrogen and oxygen atoms in total. The van der Waals surface area contributed by atoms with E-state index >= 15 is 0 Å². The molecular weight excluding hydrogens is 328 g/mol. The molecule has 0 bridgehead atoms. The van der Waals surface area contributed by atoms with Crippen LogP contribution in [0.2, 0.25) is 0 Å². The van der Waals surface area contributed by atoms with Crippen molar-refractivity contribution in [1.82, 2.24) is 25.1 Å². The summed E-state index contributed by atoms with van der Waals surface area (Å²) in [5, 5.41) is 3.12. The van der Waals surface area contributed by atoms with E-state index in [-0.39, 0.29) is 6.03 Å². The lowest BCUT2D eigenvalue weighted by atomic mass is 9.84. The first-order valence-corrected chi connectivity index (χ1v) is 9.84. The lowest BCUT2D eigenvalue weighted by Crippen LogP contribution is -2.47. The largest absolute Gasteiger partial charge is 0.338 e. The quantitative estimate of drug-likeness (QED) is 0.868. The van der Waals surface area contributed by atoms with Crippen LogP contribution in [0.4, 0.5) is 10.7 Å². The fraction of sp³-hybridized carbons (Fsp3) is 0.737. The van der Waals surface area contributed by atoms with Crippen molar-refractivity contribution in [2.75, 3.05) is 51.7 Å². The lowest BCUT2D eigenvalue weighted by molar-refractivity contribution is 0.194. The van der Waals surface area contributed by atoms with Gasteiger partial charge in [-0.2, -0.15) is 0 Å². The van der Waals surface area contributed by atoms with E-state index in [9.17, 15) is 4.79 Å². The van der Waals surface area contributed by atoms with E-state index in [0.717, 1.165) is 50.9 Å². The van der Waals surface area contributed by atoms with Crippen molar-refractivity contribution in [2.24, 2.45) is 5.92 Å². The summed E-state index contributed by atoms with van der Waals surface area (Å²) in [5.74, 6) is 1.66. The summed E-state index contributed by atoms with van der Waals surface area (Å²) in [5.41, 5.74) is 0. The third-order valence-corrected chi connectivity index (χ3v) is 5.64. The zero-order valence-electron chi connectivity index (χ0n) is 16.1. The Balaban J connectivity index is 1.32. The Bertz CT molecular complexity index is 550. The molecule has 1 aromatic heterocycles. The maximum atomic E-state index is 11.7. The van der Waals surface area contributed by atoms with Crippen LogP contribution in [0.25, 0.3) is 0 Å². The van der Waals surface area contributed by atoms with Gasteiger partial charge in [0.1, 0.15) is 0 Å². The van der Waals surface area contributed by atoms with Crippen LogP contribution < -0.4 is 10.2 Å². The summed E-state index contributed by atoms with van der Waals surface area (Å²) in [6, 6.07) is 2.25. The molecule has 0 atom stereocenters. The van der Waals surface area contributed by atoms with Crippen molar-refractivity contribution in [3.63, 3.8) is 0 Å². The molecule has 1 aliphatic carbocycles. The molecule has 1 aromatic rings. The number of nitrogens with one attached hydrogen (secondary N) is 1. The maximum Gasteiger partial charge on any atom is 0.317 e. The fourth-order valence-corrected chi connectivity index (χ4v) is 3.89. The van der Waals surface area contributed by atoms with Crippen LogP contribution in [0, 0.1) is 5.92 Å². The molecule has 2 heterocycles. The summed E-state index contributed by atoms with van der Waals surface area (Å²) in [6.07, 6.45) is 9.59. The highest BCUT2D eigenvalue weighted by atomic mass is 16.2.